The Kier molecular flexibility index (Phi) is 3.02. The second kappa shape index (κ2) is 4.54. The van der Waals surface area contributed by atoms with Gasteiger partial charge >= 0.3 is 0 Å². The molecule has 1 aromatic heterocycles. The smallest absolute Gasteiger partial charge is 0.192 e. The first-order valence-corrected chi connectivity index (χ1v) is 7.30. The van der Waals surface area contributed by atoms with Crippen molar-refractivity contribution in [1.29, 1.82) is 0 Å². The molecule has 1 heterocycles. The average Bonchev–Trinajstić information content (AvgIpc) is 2.56. The third kappa shape index (κ3) is 1.91. The van der Waals surface area contributed by atoms with Crippen LogP contribution in [0.2, 0.25) is 0 Å². The highest BCUT2D eigenvalue weighted by atomic mass is 79.9. The summed E-state index contributed by atoms with van der Waals surface area (Å²) in [6.45, 7) is 2.02. The fourth-order valence-electron chi connectivity index (χ4n) is 2.83. The van der Waals surface area contributed by atoms with Crippen molar-refractivity contribution < 1.29 is 0 Å². The SMILES string of the molecule is Cc1cc(Br)c2[nH]c3c(c(=O)c2c1)CCCCC3. The summed E-state index contributed by atoms with van der Waals surface area (Å²) in [6.07, 6.45) is 5.46. The highest BCUT2D eigenvalue weighted by molar-refractivity contribution is 9.10. The van der Waals surface area contributed by atoms with E-state index in [4.69, 9.17) is 0 Å². The van der Waals surface area contributed by atoms with E-state index in [0.29, 0.717) is 0 Å². The molecular formula is C15H16BrNO. The van der Waals surface area contributed by atoms with Crippen LogP contribution in [0.5, 0.6) is 0 Å². The van der Waals surface area contributed by atoms with Crippen molar-refractivity contribution in [2.75, 3.05) is 0 Å². The van der Waals surface area contributed by atoms with E-state index < -0.39 is 0 Å². The molecule has 1 aliphatic carbocycles. The van der Waals surface area contributed by atoms with E-state index in [0.717, 1.165) is 51.5 Å². The van der Waals surface area contributed by atoms with Gasteiger partial charge in [0.1, 0.15) is 0 Å². The standard InChI is InChI=1S/C15H16BrNO/c1-9-7-11-14(12(16)8-9)17-13-6-4-2-3-5-10(13)15(11)18/h7-8H,2-6H2,1H3,(H,17,18). The van der Waals surface area contributed by atoms with E-state index in [1.807, 2.05) is 13.0 Å². The zero-order valence-electron chi connectivity index (χ0n) is 10.5. The van der Waals surface area contributed by atoms with Gasteiger partial charge in [-0.25, -0.2) is 0 Å². The van der Waals surface area contributed by atoms with Gasteiger partial charge in [0, 0.05) is 21.1 Å². The molecule has 0 saturated carbocycles. The molecule has 0 fully saturated rings. The van der Waals surface area contributed by atoms with Crippen LogP contribution in [0.3, 0.4) is 0 Å². The summed E-state index contributed by atoms with van der Waals surface area (Å²) in [7, 11) is 0. The molecule has 0 bridgehead atoms. The molecule has 0 amide bonds. The molecule has 3 rings (SSSR count). The molecule has 0 spiro atoms. The molecule has 1 aliphatic rings. The number of aromatic amines is 1. The van der Waals surface area contributed by atoms with Gasteiger partial charge in [0.2, 0.25) is 0 Å². The van der Waals surface area contributed by atoms with Crippen LogP contribution in [0, 0.1) is 6.92 Å². The average molecular weight is 306 g/mol. The minimum atomic E-state index is 0.227. The van der Waals surface area contributed by atoms with E-state index in [2.05, 4.69) is 27.0 Å². The number of aromatic nitrogens is 1. The zero-order valence-corrected chi connectivity index (χ0v) is 12.1. The number of H-pyrrole nitrogens is 1. The van der Waals surface area contributed by atoms with Gasteiger partial charge in [-0.15, -0.1) is 0 Å². The first kappa shape index (κ1) is 12.0. The van der Waals surface area contributed by atoms with Crippen LogP contribution in [0.4, 0.5) is 0 Å². The van der Waals surface area contributed by atoms with E-state index in [1.165, 1.54) is 12.8 Å². The summed E-state index contributed by atoms with van der Waals surface area (Å²) >= 11 is 3.56. The fourth-order valence-corrected chi connectivity index (χ4v) is 3.51. The lowest BCUT2D eigenvalue weighted by Crippen LogP contribution is -2.14. The van der Waals surface area contributed by atoms with Gasteiger partial charge in [-0.3, -0.25) is 4.79 Å². The molecule has 0 radical (unpaired) electrons. The van der Waals surface area contributed by atoms with Crippen molar-refractivity contribution in [1.82, 2.24) is 4.98 Å². The third-order valence-electron chi connectivity index (χ3n) is 3.75. The summed E-state index contributed by atoms with van der Waals surface area (Å²) in [4.78, 5) is 16.1. The van der Waals surface area contributed by atoms with Crippen molar-refractivity contribution >= 4 is 26.8 Å². The molecule has 2 aromatic rings. The Labute approximate surface area is 115 Å². The highest BCUT2D eigenvalue weighted by Crippen LogP contribution is 2.25. The van der Waals surface area contributed by atoms with Crippen LogP contribution in [0.15, 0.2) is 21.4 Å². The maximum absolute atomic E-state index is 12.6. The zero-order chi connectivity index (χ0) is 12.7. The number of rotatable bonds is 0. The van der Waals surface area contributed by atoms with Crippen LogP contribution < -0.4 is 5.43 Å². The van der Waals surface area contributed by atoms with Gasteiger partial charge in [0.15, 0.2) is 5.43 Å². The summed E-state index contributed by atoms with van der Waals surface area (Å²) in [5, 5.41) is 0.822. The maximum Gasteiger partial charge on any atom is 0.192 e. The van der Waals surface area contributed by atoms with Crippen molar-refractivity contribution in [3.8, 4) is 0 Å². The van der Waals surface area contributed by atoms with Crippen LogP contribution >= 0.6 is 15.9 Å². The molecule has 2 nitrogen and oxygen atoms in total. The minimum absolute atomic E-state index is 0.227. The lowest BCUT2D eigenvalue weighted by atomic mass is 10.0. The Bertz CT molecular complexity index is 672. The predicted molar refractivity (Wildman–Crippen MR) is 78.3 cm³/mol. The van der Waals surface area contributed by atoms with E-state index in [1.54, 1.807) is 0 Å². The summed E-state index contributed by atoms with van der Waals surface area (Å²) < 4.78 is 0.988. The Morgan fingerprint density at radius 3 is 2.78 bits per heavy atom. The van der Waals surface area contributed by atoms with Gasteiger partial charge < -0.3 is 4.98 Å². The van der Waals surface area contributed by atoms with Crippen molar-refractivity contribution in [3.05, 3.63) is 43.6 Å². The molecule has 1 N–H and O–H groups in total. The number of benzene rings is 1. The Morgan fingerprint density at radius 2 is 1.94 bits per heavy atom. The van der Waals surface area contributed by atoms with Gasteiger partial charge in [0.05, 0.1) is 5.52 Å². The first-order valence-electron chi connectivity index (χ1n) is 6.50. The second-order valence-corrected chi connectivity index (χ2v) is 6.00. The Hall–Kier alpha value is -1.09. The molecule has 94 valence electrons. The highest BCUT2D eigenvalue weighted by Gasteiger charge is 2.15. The van der Waals surface area contributed by atoms with Crippen molar-refractivity contribution in [2.24, 2.45) is 0 Å². The second-order valence-electron chi connectivity index (χ2n) is 5.14. The lowest BCUT2D eigenvalue weighted by Gasteiger charge is -2.10. The number of pyridine rings is 1. The predicted octanol–water partition coefficient (Wildman–Crippen LogP) is 3.87. The van der Waals surface area contributed by atoms with Gasteiger partial charge in [0.25, 0.3) is 0 Å². The first-order chi connectivity index (χ1) is 8.66. The number of aryl methyl sites for hydroxylation is 2. The molecule has 0 atom stereocenters. The van der Waals surface area contributed by atoms with Gasteiger partial charge in [-0.1, -0.05) is 6.42 Å². The monoisotopic (exact) mass is 305 g/mol. The molecular weight excluding hydrogens is 290 g/mol. The summed E-state index contributed by atoms with van der Waals surface area (Å²) in [5.41, 5.74) is 4.46. The van der Waals surface area contributed by atoms with Crippen molar-refractivity contribution in [3.63, 3.8) is 0 Å². The molecule has 0 aliphatic heterocycles. The van der Waals surface area contributed by atoms with E-state index in [-0.39, 0.29) is 5.43 Å². The summed E-state index contributed by atoms with van der Waals surface area (Å²) in [5.74, 6) is 0. The molecule has 0 unspecified atom stereocenters. The normalized spacial score (nSPS) is 15.4. The van der Waals surface area contributed by atoms with E-state index >= 15 is 0 Å². The van der Waals surface area contributed by atoms with Crippen LogP contribution in [-0.4, -0.2) is 4.98 Å². The molecule has 0 saturated heterocycles. The van der Waals surface area contributed by atoms with Crippen LogP contribution in [0.1, 0.15) is 36.1 Å². The van der Waals surface area contributed by atoms with Crippen LogP contribution in [0.25, 0.3) is 10.9 Å². The Morgan fingerprint density at radius 1 is 1.17 bits per heavy atom. The number of nitrogens with one attached hydrogen (secondary N) is 1. The van der Waals surface area contributed by atoms with Gasteiger partial charge in [-0.05, 0) is 66.2 Å². The maximum atomic E-state index is 12.6. The largest absolute Gasteiger partial charge is 0.357 e. The summed E-state index contributed by atoms with van der Waals surface area (Å²) in [6, 6.07) is 4.05. The molecule has 18 heavy (non-hydrogen) atoms. The van der Waals surface area contributed by atoms with Gasteiger partial charge in [-0.2, -0.15) is 0 Å². The Balaban J connectivity index is 2.38. The number of hydrogen-bond donors (Lipinski definition) is 1. The van der Waals surface area contributed by atoms with E-state index in [9.17, 15) is 4.79 Å². The van der Waals surface area contributed by atoms with Crippen LogP contribution in [-0.2, 0) is 12.8 Å². The minimum Gasteiger partial charge on any atom is -0.357 e. The third-order valence-corrected chi connectivity index (χ3v) is 4.37. The molecule has 3 heteroatoms. The number of fused-ring (bicyclic) bond motifs is 2. The lowest BCUT2D eigenvalue weighted by molar-refractivity contribution is 0.708. The topological polar surface area (TPSA) is 32.9 Å². The van der Waals surface area contributed by atoms with Crippen molar-refractivity contribution in [2.45, 2.75) is 39.0 Å². The fraction of sp³-hybridized carbons (Fsp3) is 0.400. The quantitative estimate of drug-likeness (QED) is 0.736. The number of hydrogen-bond acceptors (Lipinski definition) is 1. The molecule has 1 aromatic carbocycles. The number of halogens is 1.